The highest BCUT2D eigenvalue weighted by Crippen LogP contribution is 2.33. The van der Waals surface area contributed by atoms with Crippen LogP contribution in [0.2, 0.25) is 0 Å². The molecule has 0 aliphatic heterocycles. The molecule has 35 heavy (non-hydrogen) atoms. The van der Waals surface area contributed by atoms with Gasteiger partial charge in [0.2, 0.25) is 5.95 Å². The molecule has 196 valence electrons. The van der Waals surface area contributed by atoms with Gasteiger partial charge in [-0.25, -0.2) is 4.98 Å². The first-order valence-electron chi connectivity index (χ1n) is 11.8. The molecule has 1 saturated carbocycles. The normalized spacial score (nSPS) is 20.5. The Hall–Kier alpha value is -1.97. The summed E-state index contributed by atoms with van der Waals surface area (Å²) in [5.74, 6) is 1.67. The quantitative estimate of drug-likeness (QED) is 0.422. The zero-order valence-electron chi connectivity index (χ0n) is 19.7. The molecule has 0 amide bonds. The average Bonchev–Trinajstić information content (AvgIpc) is 2.79. The molecule has 0 saturated heterocycles. The molecule has 6 nitrogen and oxygen atoms in total. The van der Waals surface area contributed by atoms with E-state index in [1.807, 2.05) is 7.05 Å². The number of benzene rings is 1. The number of hydrogen-bond acceptors (Lipinski definition) is 6. The molecule has 4 N–H and O–H groups in total. The van der Waals surface area contributed by atoms with Gasteiger partial charge >= 0.3 is 6.36 Å². The molecule has 1 fully saturated rings. The zero-order chi connectivity index (χ0) is 23.4. The summed E-state index contributed by atoms with van der Waals surface area (Å²) in [7, 11) is 1.89. The Labute approximate surface area is 216 Å². The molecule has 2 aliphatic carbocycles. The molecule has 0 spiro atoms. The van der Waals surface area contributed by atoms with Crippen LogP contribution in [0.3, 0.4) is 0 Å². The van der Waals surface area contributed by atoms with Crippen LogP contribution < -0.4 is 21.1 Å². The number of fused-ring (bicyclic) bond motifs is 1. The molecular formula is C24H34Cl2F3N5O. The largest absolute Gasteiger partial charge is 0.573 e. The highest BCUT2D eigenvalue weighted by atomic mass is 35.5. The van der Waals surface area contributed by atoms with Crippen LogP contribution in [0.5, 0.6) is 5.75 Å². The number of anilines is 2. The Morgan fingerprint density at radius 1 is 1.06 bits per heavy atom. The third kappa shape index (κ3) is 7.75. The van der Waals surface area contributed by atoms with E-state index in [9.17, 15) is 13.2 Å². The Morgan fingerprint density at radius 3 is 2.43 bits per heavy atom. The van der Waals surface area contributed by atoms with Gasteiger partial charge in [-0.05, 0) is 75.3 Å². The van der Waals surface area contributed by atoms with E-state index in [0.29, 0.717) is 17.9 Å². The van der Waals surface area contributed by atoms with Gasteiger partial charge < -0.3 is 21.1 Å². The maximum absolute atomic E-state index is 12.7. The molecule has 1 aromatic carbocycles. The minimum atomic E-state index is -4.71. The number of nitrogens with two attached hydrogens (primary N) is 1. The maximum Gasteiger partial charge on any atom is 0.573 e. The number of halogens is 5. The van der Waals surface area contributed by atoms with Gasteiger partial charge in [-0.15, -0.1) is 38.0 Å². The van der Waals surface area contributed by atoms with Gasteiger partial charge in [0, 0.05) is 24.7 Å². The topological polar surface area (TPSA) is 85.1 Å². The fraction of sp³-hybridized carbons (Fsp3) is 0.583. The number of alkyl halides is 3. The van der Waals surface area contributed by atoms with Crippen LogP contribution in [0.4, 0.5) is 24.9 Å². The molecule has 0 radical (unpaired) electrons. The highest BCUT2D eigenvalue weighted by Gasteiger charge is 2.33. The number of nitrogens with one attached hydrogen (secondary N) is 2. The molecule has 1 aromatic heterocycles. The molecule has 1 heterocycles. The van der Waals surface area contributed by atoms with Gasteiger partial charge in [-0.3, -0.25) is 0 Å². The fourth-order valence-electron chi connectivity index (χ4n) is 5.06. The number of para-hydroxylation sites is 1. The Morgan fingerprint density at radius 2 is 1.74 bits per heavy atom. The van der Waals surface area contributed by atoms with Crippen LogP contribution in [0.1, 0.15) is 55.3 Å². The molecule has 0 bridgehead atoms. The summed E-state index contributed by atoms with van der Waals surface area (Å²) in [6.07, 6.45) is 3.65. The Balaban J connectivity index is 0.00000216. The van der Waals surface area contributed by atoms with Crippen molar-refractivity contribution in [2.24, 2.45) is 11.7 Å². The summed E-state index contributed by atoms with van der Waals surface area (Å²) in [4.78, 5) is 9.46. The van der Waals surface area contributed by atoms with Crippen LogP contribution in [-0.2, 0) is 19.3 Å². The number of aryl methyl sites for hydroxylation is 1. The lowest BCUT2D eigenvalue weighted by Crippen LogP contribution is -2.38. The number of rotatable bonds is 7. The van der Waals surface area contributed by atoms with E-state index in [2.05, 4.69) is 20.4 Å². The van der Waals surface area contributed by atoms with Gasteiger partial charge in [0.1, 0.15) is 11.6 Å². The van der Waals surface area contributed by atoms with Gasteiger partial charge in [0.25, 0.3) is 0 Å². The van der Waals surface area contributed by atoms with E-state index >= 15 is 0 Å². The van der Waals surface area contributed by atoms with Crippen LogP contribution in [0, 0.1) is 5.92 Å². The number of ether oxygens (including phenoxy) is 1. The van der Waals surface area contributed by atoms with Crippen molar-refractivity contribution in [3.63, 3.8) is 0 Å². The van der Waals surface area contributed by atoms with Crippen LogP contribution in [0.25, 0.3) is 0 Å². The number of hydrogen-bond donors (Lipinski definition) is 3. The molecule has 4 rings (SSSR count). The molecule has 11 heteroatoms. The lowest BCUT2D eigenvalue weighted by Gasteiger charge is -2.33. The van der Waals surface area contributed by atoms with E-state index in [4.69, 9.17) is 10.7 Å². The minimum absolute atomic E-state index is 0. The minimum Gasteiger partial charge on any atom is -0.406 e. The number of nitrogens with zero attached hydrogens (tertiary/aromatic N) is 2. The van der Waals surface area contributed by atoms with Crippen LogP contribution in [0.15, 0.2) is 24.3 Å². The first kappa shape index (κ1) is 29.3. The molecular weight excluding hydrogens is 502 g/mol. The monoisotopic (exact) mass is 535 g/mol. The fourth-order valence-corrected chi connectivity index (χ4v) is 5.06. The van der Waals surface area contributed by atoms with Crippen molar-refractivity contribution in [3.05, 3.63) is 41.1 Å². The summed E-state index contributed by atoms with van der Waals surface area (Å²) in [6.45, 7) is 0. The van der Waals surface area contributed by atoms with Gasteiger partial charge in [-0.2, -0.15) is 4.98 Å². The van der Waals surface area contributed by atoms with Crippen molar-refractivity contribution >= 4 is 36.6 Å². The van der Waals surface area contributed by atoms with Crippen molar-refractivity contribution in [1.82, 2.24) is 9.97 Å². The van der Waals surface area contributed by atoms with Crippen LogP contribution >= 0.6 is 24.8 Å². The van der Waals surface area contributed by atoms with Crippen molar-refractivity contribution in [2.75, 3.05) is 17.7 Å². The van der Waals surface area contributed by atoms with Crippen molar-refractivity contribution in [1.29, 1.82) is 0 Å². The third-order valence-corrected chi connectivity index (χ3v) is 6.78. The SMILES string of the molecule is CNc1nc(NC2CCC(C(N)Cc3ccccc3OC(F)(F)F)CC2)nc2c1CCCC2.Cl.Cl. The van der Waals surface area contributed by atoms with E-state index in [0.717, 1.165) is 56.5 Å². The Bertz CT molecular complexity index is 938. The average molecular weight is 536 g/mol. The van der Waals surface area contributed by atoms with E-state index in [-0.39, 0.29) is 48.6 Å². The number of aromatic nitrogens is 2. The van der Waals surface area contributed by atoms with E-state index < -0.39 is 6.36 Å². The summed E-state index contributed by atoms with van der Waals surface area (Å²) in [6, 6.07) is 6.29. The lowest BCUT2D eigenvalue weighted by molar-refractivity contribution is -0.274. The second kappa shape index (κ2) is 12.8. The Kier molecular flexibility index (Phi) is 10.7. The van der Waals surface area contributed by atoms with Crippen molar-refractivity contribution < 1.29 is 17.9 Å². The predicted octanol–water partition coefficient (Wildman–Crippen LogP) is 5.68. The maximum atomic E-state index is 12.7. The van der Waals surface area contributed by atoms with Crippen molar-refractivity contribution in [2.45, 2.75) is 76.2 Å². The third-order valence-electron chi connectivity index (χ3n) is 6.78. The first-order valence-corrected chi connectivity index (χ1v) is 11.8. The second-order valence-corrected chi connectivity index (χ2v) is 9.06. The molecule has 2 aliphatic rings. The zero-order valence-corrected chi connectivity index (χ0v) is 21.4. The van der Waals surface area contributed by atoms with Gasteiger partial charge in [-0.1, -0.05) is 18.2 Å². The predicted molar refractivity (Wildman–Crippen MR) is 137 cm³/mol. The summed E-state index contributed by atoms with van der Waals surface area (Å²) >= 11 is 0. The summed E-state index contributed by atoms with van der Waals surface area (Å²) < 4.78 is 42.3. The molecule has 1 unspecified atom stereocenters. The molecule has 1 atom stereocenters. The van der Waals surface area contributed by atoms with E-state index in [1.54, 1.807) is 12.1 Å². The van der Waals surface area contributed by atoms with Gasteiger partial charge in [0.05, 0.1) is 5.69 Å². The summed E-state index contributed by atoms with van der Waals surface area (Å²) in [5.41, 5.74) is 9.30. The highest BCUT2D eigenvalue weighted by molar-refractivity contribution is 5.85. The lowest BCUT2D eigenvalue weighted by atomic mass is 9.80. The van der Waals surface area contributed by atoms with Crippen LogP contribution in [-0.4, -0.2) is 35.5 Å². The standard InChI is InChI=1S/C24H32F3N5O.2ClH/c1-29-22-18-7-3-4-8-20(18)31-23(32-22)30-17-12-10-15(11-13-17)19(28)14-16-6-2-5-9-21(16)33-24(25,26)27;;/h2,5-6,9,15,17,19H,3-4,7-8,10-14,28H2,1H3,(H2,29,30,31,32);2*1H. The van der Waals surface area contributed by atoms with Crippen molar-refractivity contribution in [3.8, 4) is 5.75 Å². The molecule has 2 aromatic rings. The smallest absolute Gasteiger partial charge is 0.406 e. The summed E-state index contributed by atoms with van der Waals surface area (Å²) in [5, 5.41) is 6.71. The van der Waals surface area contributed by atoms with Gasteiger partial charge in [0.15, 0.2) is 0 Å². The first-order chi connectivity index (χ1) is 15.8. The van der Waals surface area contributed by atoms with E-state index in [1.165, 1.54) is 24.1 Å². The second-order valence-electron chi connectivity index (χ2n) is 9.06.